The predicted molar refractivity (Wildman–Crippen MR) is 93.3 cm³/mol. The zero-order valence-corrected chi connectivity index (χ0v) is 14.6. The first-order valence-corrected chi connectivity index (χ1v) is 8.83. The molecule has 0 saturated carbocycles. The van der Waals surface area contributed by atoms with E-state index in [2.05, 4.69) is 32.6 Å². The summed E-state index contributed by atoms with van der Waals surface area (Å²) in [6.07, 6.45) is 8.12. The molecule has 1 aliphatic carbocycles. The lowest BCUT2D eigenvalue weighted by atomic mass is 9.97. The molecule has 0 atom stereocenters. The molecule has 5 nitrogen and oxygen atoms in total. The number of anilines is 1. The van der Waals surface area contributed by atoms with Crippen molar-refractivity contribution in [1.29, 1.82) is 0 Å². The Hall–Kier alpha value is -1.69. The lowest BCUT2D eigenvalue weighted by Gasteiger charge is -2.20. The zero-order chi connectivity index (χ0) is 16.1. The minimum Gasteiger partial charge on any atom is -0.486 e. The largest absolute Gasteiger partial charge is 0.486 e. The summed E-state index contributed by atoms with van der Waals surface area (Å²) >= 11 is 3.45. The van der Waals surface area contributed by atoms with Gasteiger partial charge in [0, 0.05) is 23.2 Å². The normalized spacial score (nSPS) is 16.5. The summed E-state index contributed by atoms with van der Waals surface area (Å²) in [5.41, 5.74) is 2.13. The Morgan fingerprint density at radius 3 is 2.70 bits per heavy atom. The molecule has 6 heteroatoms. The van der Waals surface area contributed by atoms with Crippen LogP contribution in [-0.2, 0) is 0 Å². The molecular weight excluding hydrogens is 360 g/mol. The number of halogens is 1. The second kappa shape index (κ2) is 7.73. The van der Waals surface area contributed by atoms with E-state index in [1.807, 2.05) is 6.07 Å². The number of ether oxygens (including phenoxy) is 2. The van der Waals surface area contributed by atoms with E-state index in [1.54, 1.807) is 6.07 Å². The van der Waals surface area contributed by atoms with Crippen molar-refractivity contribution in [2.24, 2.45) is 0 Å². The van der Waals surface area contributed by atoms with Gasteiger partial charge in [-0.1, -0.05) is 11.6 Å². The van der Waals surface area contributed by atoms with Gasteiger partial charge in [0.25, 0.3) is 0 Å². The minimum atomic E-state index is -0.209. The first kappa shape index (κ1) is 16.2. The minimum absolute atomic E-state index is 0.209. The van der Waals surface area contributed by atoms with Crippen molar-refractivity contribution in [3.05, 3.63) is 28.3 Å². The number of hydrogen-bond donors (Lipinski definition) is 2. The van der Waals surface area contributed by atoms with E-state index >= 15 is 0 Å². The van der Waals surface area contributed by atoms with Crippen LogP contribution in [0.1, 0.15) is 32.1 Å². The lowest BCUT2D eigenvalue weighted by molar-refractivity contribution is 0.171. The Balaban J connectivity index is 1.52. The van der Waals surface area contributed by atoms with Crippen molar-refractivity contribution in [3.63, 3.8) is 0 Å². The molecule has 0 bridgehead atoms. The van der Waals surface area contributed by atoms with Crippen molar-refractivity contribution in [2.45, 2.75) is 32.1 Å². The summed E-state index contributed by atoms with van der Waals surface area (Å²) in [5, 5.41) is 5.75. The first-order chi connectivity index (χ1) is 11.2. The third kappa shape index (κ3) is 4.41. The van der Waals surface area contributed by atoms with Gasteiger partial charge in [-0.2, -0.15) is 0 Å². The standard InChI is InChI=1S/C17H21BrN2O3/c18-13-10-15-16(23-9-8-22-15)11-14(13)20-17(21)19-7-6-12-4-2-1-3-5-12/h4,10-11H,1-3,5-9H2,(H2,19,20,21). The van der Waals surface area contributed by atoms with Crippen LogP contribution >= 0.6 is 15.9 Å². The number of carbonyl (C=O) groups is 1. The number of allylic oxidation sites excluding steroid dienone is 1. The number of hydrogen-bond acceptors (Lipinski definition) is 3. The van der Waals surface area contributed by atoms with Gasteiger partial charge in [0.1, 0.15) is 13.2 Å². The number of amides is 2. The predicted octanol–water partition coefficient (Wildman–Crippen LogP) is 4.23. The molecule has 0 saturated heterocycles. The Morgan fingerprint density at radius 1 is 1.17 bits per heavy atom. The topological polar surface area (TPSA) is 59.6 Å². The molecule has 1 heterocycles. The number of rotatable bonds is 4. The van der Waals surface area contributed by atoms with Gasteiger partial charge in [-0.25, -0.2) is 4.79 Å². The summed E-state index contributed by atoms with van der Waals surface area (Å²) in [4.78, 5) is 12.0. The highest BCUT2D eigenvalue weighted by atomic mass is 79.9. The summed E-state index contributed by atoms with van der Waals surface area (Å²) in [6.45, 7) is 1.72. The molecule has 1 aromatic rings. The van der Waals surface area contributed by atoms with E-state index in [4.69, 9.17) is 9.47 Å². The maximum absolute atomic E-state index is 12.0. The fraction of sp³-hybridized carbons (Fsp3) is 0.471. The second-order valence-corrected chi connectivity index (χ2v) is 6.57. The van der Waals surface area contributed by atoms with Crippen LogP contribution in [0.3, 0.4) is 0 Å². The van der Waals surface area contributed by atoms with Gasteiger partial charge in [0.2, 0.25) is 0 Å². The van der Waals surface area contributed by atoms with Crippen LogP contribution in [0.25, 0.3) is 0 Å². The van der Waals surface area contributed by atoms with E-state index in [0.29, 0.717) is 36.9 Å². The molecule has 0 spiro atoms. The molecule has 23 heavy (non-hydrogen) atoms. The van der Waals surface area contributed by atoms with Gasteiger partial charge < -0.3 is 20.1 Å². The van der Waals surface area contributed by atoms with E-state index in [-0.39, 0.29) is 6.03 Å². The maximum Gasteiger partial charge on any atom is 0.319 e. The van der Waals surface area contributed by atoms with Crippen LogP contribution in [0.2, 0.25) is 0 Å². The number of carbonyl (C=O) groups excluding carboxylic acids is 1. The van der Waals surface area contributed by atoms with Crippen LogP contribution in [0.5, 0.6) is 11.5 Å². The van der Waals surface area contributed by atoms with Crippen molar-refractivity contribution in [2.75, 3.05) is 25.1 Å². The van der Waals surface area contributed by atoms with Gasteiger partial charge in [-0.15, -0.1) is 0 Å². The average molecular weight is 381 g/mol. The molecule has 1 aromatic carbocycles. The average Bonchev–Trinajstić information content (AvgIpc) is 2.56. The van der Waals surface area contributed by atoms with Crippen LogP contribution < -0.4 is 20.1 Å². The summed E-state index contributed by atoms with van der Waals surface area (Å²) in [7, 11) is 0. The molecule has 0 unspecified atom stereocenters. The number of fused-ring (bicyclic) bond motifs is 1. The van der Waals surface area contributed by atoms with E-state index in [1.165, 1.54) is 24.8 Å². The molecule has 2 aliphatic rings. The molecule has 2 N–H and O–H groups in total. The summed E-state index contributed by atoms with van der Waals surface area (Å²) < 4.78 is 11.8. The highest BCUT2D eigenvalue weighted by Gasteiger charge is 2.16. The monoisotopic (exact) mass is 380 g/mol. The Labute approximate surface area is 144 Å². The fourth-order valence-electron chi connectivity index (χ4n) is 2.79. The molecule has 0 fully saturated rings. The van der Waals surface area contributed by atoms with Crippen LogP contribution in [0.15, 0.2) is 28.3 Å². The van der Waals surface area contributed by atoms with Gasteiger partial charge in [-0.05, 0) is 48.0 Å². The molecule has 1 aliphatic heterocycles. The van der Waals surface area contributed by atoms with Crippen molar-refractivity contribution in [1.82, 2.24) is 5.32 Å². The molecule has 124 valence electrons. The Bertz CT molecular complexity index is 616. The summed E-state index contributed by atoms with van der Waals surface area (Å²) in [6, 6.07) is 3.39. The third-order valence-electron chi connectivity index (χ3n) is 4.00. The second-order valence-electron chi connectivity index (χ2n) is 5.71. The van der Waals surface area contributed by atoms with Gasteiger partial charge >= 0.3 is 6.03 Å². The Morgan fingerprint density at radius 2 is 1.96 bits per heavy atom. The summed E-state index contributed by atoms with van der Waals surface area (Å²) in [5.74, 6) is 1.35. The molecule has 0 radical (unpaired) electrons. The fourth-order valence-corrected chi connectivity index (χ4v) is 3.22. The van der Waals surface area contributed by atoms with E-state index in [9.17, 15) is 4.79 Å². The Kier molecular flexibility index (Phi) is 5.43. The lowest BCUT2D eigenvalue weighted by Crippen LogP contribution is -2.30. The highest BCUT2D eigenvalue weighted by molar-refractivity contribution is 9.10. The van der Waals surface area contributed by atoms with Crippen molar-refractivity contribution in [3.8, 4) is 11.5 Å². The molecule has 3 rings (SSSR count). The highest BCUT2D eigenvalue weighted by Crippen LogP contribution is 2.38. The third-order valence-corrected chi connectivity index (χ3v) is 4.65. The number of benzene rings is 1. The zero-order valence-electron chi connectivity index (χ0n) is 13.0. The molecule has 2 amide bonds. The quantitative estimate of drug-likeness (QED) is 0.768. The van der Waals surface area contributed by atoms with Gasteiger partial charge in [-0.3, -0.25) is 0 Å². The van der Waals surface area contributed by atoms with E-state index in [0.717, 1.165) is 17.3 Å². The first-order valence-electron chi connectivity index (χ1n) is 8.04. The van der Waals surface area contributed by atoms with Crippen molar-refractivity contribution >= 4 is 27.6 Å². The SMILES string of the molecule is O=C(NCCC1=CCCCC1)Nc1cc2c(cc1Br)OCCO2. The maximum atomic E-state index is 12.0. The number of nitrogens with one attached hydrogen (secondary N) is 2. The molecular formula is C17H21BrN2O3. The smallest absolute Gasteiger partial charge is 0.319 e. The van der Waals surface area contributed by atoms with Gasteiger partial charge in [0.05, 0.1) is 5.69 Å². The van der Waals surface area contributed by atoms with Crippen LogP contribution in [0.4, 0.5) is 10.5 Å². The van der Waals surface area contributed by atoms with Crippen LogP contribution in [0, 0.1) is 0 Å². The molecule has 0 aromatic heterocycles. The van der Waals surface area contributed by atoms with E-state index < -0.39 is 0 Å². The van der Waals surface area contributed by atoms with Crippen LogP contribution in [-0.4, -0.2) is 25.8 Å². The van der Waals surface area contributed by atoms with Gasteiger partial charge in [0.15, 0.2) is 11.5 Å². The number of urea groups is 1. The van der Waals surface area contributed by atoms with Crippen molar-refractivity contribution < 1.29 is 14.3 Å².